The van der Waals surface area contributed by atoms with Crippen molar-refractivity contribution in [2.45, 2.75) is 26.7 Å². The van der Waals surface area contributed by atoms with E-state index in [1.165, 1.54) is 38.2 Å². The van der Waals surface area contributed by atoms with E-state index in [1.54, 1.807) is 0 Å². The summed E-state index contributed by atoms with van der Waals surface area (Å²) in [6, 6.07) is 4.10. The molecule has 80 valence electrons. The highest BCUT2D eigenvalue weighted by Gasteiger charge is 1.99. The molecule has 0 saturated heterocycles. The second kappa shape index (κ2) is 7.06. The van der Waals surface area contributed by atoms with Gasteiger partial charge in [-0.15, -0.1) is 0 Å². The zero-order valence-electron chi connectivity index (χ0n) is 8.95. The Bertz CT molecular complexity index is 257. The van der Waals surface area contributed by atoms with Gasteiger partial charge in [0.25, 0.3) is 0 Å². The van der Waals surface area contributed by atoms with Gasteiger partial charge >= 0.3 is 0 Å². The third-order valence-electron chi connectivity index (χ3n) is 1.66. The van der Waals surface area contributed by atoms with Gasteiger partial charge in [0.05, 0.1) is 7.11 Å². The van der Waals surface area contributed by atoms with Crippen LogP contribution in [0.3, 0.4) is 0 Å². The van der Waals surface area contributed by atoms with Gasteiger partial charge < -0.3 is 14.9 Å². The standard InChI is InChI=1S/C7H8O3.C4H10/c1-10-7-4-5(8)2-3-6(7)9;1-3-4-2/h2-4,8-9H,1H3;3-4H2,1-2H3. The summed E-state index contributed by atoms with van der Waals surface area (Å²) in [6.45, 7) is 4.36. The van der Waals surface area contributed by atoms with Crippen molar-refractivity contribution < 1.29 is 14.9 Å². The average molecular weight is 198 g/mol. The van der Waals surface area contributed by atoms with Crippen molar-refractivity contribution in [3.8, 4) is 17.2 Å². The number of methoxy groups -OCH3 is 1. The van der Waals surface area contributed by atoms with E-state index in [0.29, 0.717) is 0 Å². The molecule has 0 atom stereocenters. The summed E-state index contributed by atoms with van der Waals surface area (Å²) in [5.74, 6) is 0.384. The zero-order chi connectivity index (χ0) is 11.0. The van der Waals surface area contributed by atoms with Gasteiger partial charge in [-0.3, -0.25) is 0 Å². The van der Waals surface area contributed by atoms with E-state index < -0.39 is 0 Å². The maximum absolute atomic E-state index is 9.00. The molecule has 3 nitrogen and oxygen atoms in total. The summed E-state index contributed by atoms with van der Waals surface area (Å²) in [5, 5.41) is 17.9. The Balaban J connectivity index is 0.000000364. The minimum Gasteiger partial charge on any atom is -0.508 e. The fourth-order valence-corrected chi connectivity index (χ4v) is 0.666. The summed E-state index contributed by atoms with van der Waals surface area (Å²) in [5.41, 5.74) is 0. The number of rotatable bonds is 2. The van der Waals surface area contributed by atoms with Gasteiger partial charge in [0.15, 0.2) is 11.5 Å². The highest BCUT2D eigenvalue weighted by atomic mass is 16.5. The van der Waals surface area contributed by atoms with E-state index in [-0.39, 0.29) is 17.2 Å². The average Bonchev–Trinajstić information content (AvgIpc) is 2.22. The van der Waals surface area contributed by atoms with Crippen LogP contribution in [-0.2, 0) is 0 Å². The van der Waals surface area contributed by atoms with Crippen LogP contribution in [0.5, 0.6) is 17.2 Å². The number of hydrogen-bond donors (Lipinski definition) is 2. The monoisotopic (exact) mass is 198 g/mol. The molecule has 1 aromatic rings. The Morgan fingerprint density at radius 3 is 2.07 bits per heavy atom. The Morgan fingerprint density at radius 1 is 1.14 bits per heavy atom. The highest BCUT2D eigenvalue weighted by Crippen LogP contribution is 2.28. The highest BCUT2D eigenvalue weighted by molar-refractivity contribution is 5.43. The lowest BCUT2D eigenvalue weighted by molar-refractivity contribution is 0.368. The van der Waals surface area contributed by atoms with Gasteiger partial charge in [-0.05, 0) is 12.1 Å². The fraction of sp³-hybridized carbons (Fsp3) is 0.455. The number of ether oxygens (including phenoxy) is 1. The lowest BCUT2D eigenvalue weighted by Crippen LogP contribution is -1.81. The molecular formula is C11H18O3. The van der Waals surface area contributed by atoms with E-state index >= 15 is 0 Å². The van der Waals surface area contributed by atoms with Crippen molar-refractivity contribution in [2.24, 2.45) is 0 Å². The number of phenols is 2. The van der Waals surface area contributed by atoms with Gasteiger partial charge in [0.2, 0.25) is 0 Å². The molecule has 0 bridgehead atoms. The van der Waals surface area contributed by atoms with E-state index in [9.17, 15) is 0 Å². The number of phenolic OH excluding ortho intramolecular Hbond substituents is 2. The largest absolute Gasteiger partial charge is 0.508 e. The van der Waals surface area contributed by atoms with Crippen molar-refractivity contribution in [2.75, 3.05) is 7.11 Å². The number of aromatic hydroxyl groups is 2. The van der Waals surface area contributed by atoms with Gasteiger partial charge in [-0.25, -0.2) is 0 Å². The number of benzene rings is 1. The van der Waals surface area contributed by atoms with Crippen LogP contribution in [0.25, 0.3) is 0 Å². The quantitative estimate of drug-likeness (QED) is 0.718. The Labute approximate surface area is 85.0 Å². The first-order chi connectivity index (χ1) is 6.65. The molecule has 0 heterocycles. The Kier molecular flexibility index (Phi) is 6.37. The summed E-state index contributed by atoms with van der Waals surface area (Å²) < 4.78 is 4.72. The van der Waals surface area contributed by atoms with E-state index in [0.717, 1.165) is 0 Å². The molecule has 0 aliphatic heterocycles. The SMILES string of the molecule is CCCC.COc1cc(O)ccc1O. The normalized spacial score (nSPS) is 8.79. The molecule has 0 amide bonds. The molecule has 0 fully saturated rings. The van der Waals surface area contributed by atoms with Gasteiger partial charge in [0, 0.05) is 6.07 Å². The van der Waals surface area contributed by atoms with Crippen molar-refractivity contribution in [3.05, 3.63) is 18.2 Å². The zero-order valence-corrected chi connectivity index (χ0v) is 8.95. The van der Waals surface area contributed by atoms with Crippen molar-refractivity contribution in [1.29, 1.82) is 0 Å². The molecule has 0 spiro atoms. The maximum atomic E-state index is 9.00. The Hall–Kier alpha value is -1.38. The molecule has 3 heteroatoms. The molecule has 0 saturated carbocycles. The van der Waals surface area contributed by atoms with Crippen LogP contribution in [0.1, 0.15) is 26.7 Å². The minimum absolute atomic E-state index is 0.0281. The van der Waals surface area contributed by atoms with Gasteiger partial charge in [-0.1, -0.05) is 26.7 Å². The molecule has 0 radical (unpaired) electrons. The van der Waals surface area contributed by atoms with E-state index in [2.05, 4.69) is 13.8 Å². The lowest BCUT2D eigenvalue weighted by atomic mass is 10.3. The molecule has 2 N–H and O–H groups in total. The van der Waals surface area contributed by atoms with Crippen LogP contribution in [0, 0.1) is 0 Å². The second-order valence-corrected chi connectivity index (χ2v) is 2.86. The molecule has 0 aromatic heterocycles. The van der Waals surface area contributed by atoms with Crippen LogP contribution >= 0.6 is 0 Å². The Morgan fingerprint density at radius 2 is 1.71 bits per heavy atom. The smallest absolute Gasteiger partial charge is 0.164 e. The van der Waals surface area contributed by atoms with Gasteiger partial charge in [-0.2, -0.15) is 0 Å². The molecule has 1 rings (SSSR count). The lowest BCUT2D eigenvalue weighted by Gasteiger charge is -2.01. The fourth-order valence-electron chi connectivity index (χ4n) is 0.666. The molecule has 0 aliphatic carbocycles. The van der Waals surface area contributed by atoms with E-state index in [4.69, 9.17) is 14.9 Å². The third kappa shape index (κ3) is 4.60. The molecule has 0 unspecified atom stereocenters. The van der Waals surface area contributed by atoms with Crippen molar-refractivity contribution in [1.82, 2.24) is 0 Å². The third-order valence-corrected chi connectivity index (χ3v) is 1.66. The summed E-state index contributed by atoms with van der Waals surface area (Å²) in [6.07, 6.45) is 2.64. The van der Waals surface area contributed by atoms with Crippen molar-refractivity contribution in [3.63, 3.8) is 0 Å². The predicted octanol–water partition coefficient (Wildman–Crippen LogP) is 2.91. The minimum atomic E-state index is 0.0281. The molecular weight excluding hydrogens is 180 g/mol. The predicted molar refractivity (Wildman–Crippen MR) is 56.9 cm³/mol. The summed E-state index contributed by atoms with van der Waals surface area (Å²) in [4.78, 5) is 0. The number of unbranched alkanes of at least 4 members (excludes halogenated alkanes) is 1. The molecule has 1 aromatic carbocycles. The first-order valence-electron chi connectivity index (χ1n) is 4.71. The van der Waals surface area contributed by atoms with Crippen LogP contribution in [-0.4, -0.2) is 17.3 Å². The maximum Gasteiger partial charge on any atom is 0.164 e. The topological polar surface area (TPSA) is 49.7 Å². The second-order valence-electron chi connectivity index (χ2n) is 2.86. The summed E-state index contributed by atoms with van der Waals surface area (Å²) >= 11 is 0. The molecule has 0 aliphatic rings. The van der Waals surface area contributed by atoms with Gasteiger partial charge in [0.1, 0.15) is 5.75 Å². The van der Waals surface area contributed by atoms with Crippen LogP contribution in [0.2, 0.25) is 0 Å². The van der Waals surface area contributed by atoms with E-state index in [1.807, 2.05) is 0 Å². The summed E-state index contributed by atoms with van der Waals surface area (Å²) in [7, 11) is 1.43. The first-order valence-corrected chi connectivity index (χ1v) is 4.71. The number of hydrogen-bond acceptors (Lipinski definition) is 3. The van der Waals surface area contributed by atoms with Crippen molar-refractivity contribution >= 4 is 0 Å². The first kappa shape index (κ1) is 12.6. The molecule has 14 heavy (non-hydrogen) atoms. The van der Waals surface area contributed by atoms with Crippen LogP contribution in [0.4, 0.5) is 0 Å². The van der Waals surface area contributed by atoms with Crippen LogP contribution < -0.4 is 4.74 Å². The van der Waals surface area contributed by atoms with Crippen LogP contribution in [0.15, 0.2) is 18.2 Å².